The van der Waals surface area contributed by atoms with Crippen LogP contribution in [0.5, 0.6) is 5.75 Å². The molecule has 45 heavy (non-hydrogen) atoms. The number of carbonyl (C=O) groups is 3. The molecule has 0 heterocycles. The molecule has 0 aliphatic heterocycles. The summed E-state index contributed by atoms with van der Waals surface area (Å²) in [5.74, 6) is -3.37. The average molecular weight is 609 g/mol. The highest BCUT2D eigenvalue weighted by Gasteiger charge is 2.49. The second kappa shape index (κ2) is 12.3. The van der Waals surface area contributed by atoms with Crippen LogP contribution in [0.1, 0.15) is 53.8 Å². The van der Waals surface area contributed by atoms with Crippen molar-refractivity contribution >= 4 is 17.3 Å². The lowest BCUT2D eigenvalue weighted by Crippen LogP contribution is -2.46. The molecule has 8 nitrogen and oxygen atoms in total. The molecule has 0 fully saturated rings. The SMILES string of the molecule is COC1(C)C=C(O)C(C(=O)c2ccccc2O)=CC1CC1=C(O)C(C(=O)c2ccccc2)=CC(C)(C(=O)C2=CC=CCC2)C1O. The molecule has 0 saturated carbocycles. The summed E-state index contributed by atoms with van der Waals surface area (Å²) in [6.07, 6.45) is 9.07. The van der Waals surface area contributed by atoms with Gasteiger partial charge in [0.1, 0.15) is 17.3 Å². The van der Waals surface area contributed by atoms with Gasteiger partial charge in [0, 0.05) is 24.2 Å². The minimum atomic E-state index is -1.60. The number of Topliss-reactive ketones (excluding diaryl/α,β-unsaturated/α-hetero) is 3. The molecule has 3 aliphatic rings. The first-order valence-electron chi connectivity index (χ1n) is 14.8. The smallest absolute Gasteiger partial charge is 0.200 e. The number of benzene rings is 2. The number of hydrogen-bond donors (Lipinski definition) is 4. The second-order valence-corrected chi connectivity index (χ2v) is 12.0. The van der Waals surface area contributed by atoms with Gasteiger partial charge in [0.05, 0.1) is 33.8 Å². The zero-order chi connectivity index (χ0) is 32.5. The van der Waals surface area contributed by atoms with E-state index >= 15 is 0 Å². The molecular formula is C37H36O8. The maximum absolute atomic E-state index is 14.0. The Morgan fingerprint density at radius 2 is 1.60 bits per heavy atom. The molecule has 0 radical (unpaired) electrons. The van der Waals surface area contributed by atoms with Crippen molar-refractivity contribution in [1.82, 2.24) is 0 Å². The van der Waals surface area contributed by atoms with Crippen molar-refractivity contribution in [1.29, 1.82) is 0 Å². The van der Waals surface area contributed by atoms with Gasteiger partial charge in [-0.25, -0.2) is 0 Å². The summed E-state index contributed by atoms with van der Waals surface area (Å²) < 4.78 is 5.78. The lowest BCUT2D eigenvalue weighted by molar-refractivity contribution is -0.126. The van der Waals surface area contributed by atoms with Gasteiger partial charge in [-0.2, -0.15) is 0 Å². The summed E-state index contributed by atoms with van der Waals surface area (Å²) in [7, 11) is 1.42. The molecule has 3 aliphatic carbocycles. The lowest BCUT2D eigenvalue weighted by atomic mass is 9.66. The fraction of sp³-hybridized carbons (Fsp3) is 0.270. The van der Waals surface area contributed by atoms with Crippen molar-refractivity contribution < 1.29 is 39.5 Å². The lowest BCUT2D eigenvalue weighted by Gasteiger charge is -2.41. The van der Waals surface area contributed by atoms with Gasteiger partial charge < -0.3 is 25.2 Å². The molecule has 232 valence electrons. The Labute approximate surface area is 261 Å². The van der Waals surface area contributed by atoms with Crippen LogP contribution in [0.3, 0.4) is 0 Å². The molecule has 4 N–H and O–H groups in total. The zero-order valence-corrected chi connectivity index (χ0v) is 25.4. The predicted octanol–water partition coefficient (Wildman–Crippen LogP) is 6.22. The number of allylic oxidation sites excluding steroid dienone is 6. The molecule has 0 spiro atoms. The first-order chi connectivity index (χ1) is 21.4. The Hall–Kier alpha value is -4.79. The number of phenols is 1. The Balaban J connectivity index is 1.62. The van der Waals surface area contributed by atoms with Crippen LogP contribution in [0.15, 0.2) is 125 Å². The summed E-state index contributed by atoms with van der Waals surface area (Å²) in [6.45, 7) is 3.23. The monoisotopic (exact) mass is 608 g/mol. The molecule has 2 aromatic carbocycles. The molecule has 0 aromatic heterocycles. The third-order valence-corrected chi connectivity index (χ3v) is 9.05. The van der Waals surface area contributed by atoms with Crippen molar-refractivity contribution in [2.45, 2.75) is 44.8 Å². The van der Waals surface area contributed by atoms with Crippen molar-refractivity contribution in [2.75, 3.05) is 7.11 Å². The van der Waals surface area contributed by atoms with E-state index in [-0.39, 0.29) is 46.0 Å². The van der Waals surface area contributed by atoms with E-state index in [1.54, 1.807) is 68.5 Å². The summed E-state index contributed by atoms with van der Waals surface area (Å²) in [4.78, 5) is 41.3. The van der Waals surface area contributed by atoms with Crippen molar-refractivity contribution in [3.8, 4) is 5.75 Å². The highest BCUT2D eigenvalue weighted by atomic mass is 16.5. The summed E-state index contributed by atoms with van der Waals surface area (Å²) in [5, 5.41) is 44.7. The number of aliphatic hydroxyl groups is 3. The summed E-state index contributed by atoms with van der Waals surface area (Å²) >= 11 is 0. The molecule has 2 aromatic rings. The van der Waals surface area contributed by atoms with Gasteiger partial charge >= 0.3 is 0 Å². The normalized spacial score (nSPS) is 26.4. The van der Waals surface area contributed by atoms with Gasteiger partial charge in [-0.3, -0.25) is 14.4 Å². The van der Waals surface area contributed by atoms with Crippen LogP contribution in [-0.4, -0.2) is 56.6 Å². The largest absolute Gasteiger partial charge is 0.507 e. The molecule has 4 atom stereocenters. The van der Waals surface area contributed by atoms with Crippen LogP contribution < -0.4 is 0 Å². The van der Waals surface area contributed by atoms with Gasteiger partial charge in [0.15, 0.2) is 17.3 Å². The van der Waals surface area contributed by atoms with E-state index in [1.165, 1.54) is 37.5 Å². The Kier molecular flexibility index (Phi) is 8.65. The highest BCUT2D eigenvalue weighted by molar-refractivity contribution is 6.14. The maximum atomic E-state index is 14.0. The molecule has 0 saturated heterocycles. The Morgan fingerprint density at radius 1 is 0.911 bits per heavy atom. The summed E-state index contributed by atoms with van der Waals surface area (Å²) in [5.41, 5.74) is -2.26. The number of phenolic OH excluding ortho intramolecular Hbond substituents is 1. The van der Waals surface area contributed by atoms with Crippen LogP contribution in [0.2, 0.25) is 0 Å². The minimum Gasteiger partial charge on any atom is -0.507 e. The molecular weight excluding hydrogens is 572 g/mol. The van der Waals surface area contributed by atoms with Crippen LogP contribution in [-0.2, 0) is 9.53 Å². The molecule has 5 rings (SSSR count). The van der Waals surface area contributed by atoms with E-state index in [9.17, 15) is 34.8 Å². The van der Waals surface area contributed by atoms with Crippen LogP contribution in [0.4, 0.5) is 0 Å². The third kappa shape index (κ3) is 5.75. The number of ether oxygens (including phenoxy) is 1. The van der Waals surface area contributed by atoms with Gasteiger partial charge in [-0.1, -0.05) is 72.8 Å². The maximum Gasteiger partial charge on any atom is 0.200 e. The van der Waals surface area contributed by atoms with E-state index in [2.05, 4.69) is 0 Å². The average Bonchev–Trinajstić information content (AvgIpc) is 3.05. The van der Waals surface area contributed by atoms with E-state index in [1.807, 2.05) is 6.08 Å². The van der Waals surface area contributed by atoms with Crippen molar-refractivity contribution in [3.05, 3.63) is 136 Å². The predicted molar refractivity (Wildman–Crippen MR) is 169 cm³/mol. The van der Waals surface area contributed by atoms with E-state index in [4.69, 9.17) is 4.74 Å². The quantitative estimate of drug-likeness (QED) is 0.246. The molecule has 4 unspecified atom stereocenters. The van der Waals surface area contributed by atoms with Crippen molar-refractivity contribution in [3.63, 3.8) is 0 Å². The number of aromatic hydroxyl groups is 1. The Bertz CT molecular complexity index is 1740. The van der Waals surface area contributed by atoms with E-state index in [0.29, 0.717) is 24.0 Å². The summed E-state index contributed by atoms with van der Waals surface area (Å²) in [6, 6.07) is 14.3. The third-order valence-electron chi connectivity index (χ3n) is 9.05. The standard InChI is InChI=1S/C37H36O8/c1-36(34(43)23-14-8-5-9-15-23)20-28(31(40)22-12-6-4-7-13-22)33(42)27(35(36)44)19-24-18-26(30(39)21-37(24,2)45-3)32(41)25-16-10-11-17-29(25)38/h4-8,10-14,16-18,20-21,24,35,38-39,42,44H,9,15,19H2,1-3H3. The van der Waals surface area contributed by atoms with Gasteiger partial charge in [0.2, 0.25) is 0 Å². The van der Waals surface area contributed by atoms with Gasteiger partial charge in [-0.05, 0) is 56.9 Å². The Morgan fingerprint density at radius 3 is 2.24 bits per heavy atom. The first-order valence-corrected chi connectivity index (χ1v) is 14.8. The zero-order valence-electron chi connectivity index (χ0n) is 25.4. The number of ketones is 3. The fourth-order valence-corrected chi connectivity index (χ4v) is 6.19. The topological polar surface area (TPSA) is 141 Å². The molecule has 0 amide bonds. The first kappa shape index (κ1) is 31.6. The number of hydrogen-bond acceptors (Lipinski definition) is 8. The number of rotatable bonds is 9. The van der Waals surface area contributed by atoms with Gasteiger partial charge in [0.25, 0.3) is 0 Å². The van der Waals surface area contributed by atoms with E-state index < -0.39 is 40.4 Å². The fourth-order valence-electron chi connectivity index (χ4n) is 6.19. The number of para-hydroxylation sites is 1. The number of methoxy groups -OCH3 is 1. The number of carbonyl (C=O) groups excluding carboxylic acids is 3. The molecule has 8 heteroatoms. The number of aliphatic hydroxyl groups excluding tert-OH is 3. The minimum absolute atomic E-state index is 0.0186. The van der Waals surface area contributed by atoms with Crippen LogP contribution in [0.25, 0.3) is 0 Å². The van der Waals surface area contributed by atoms with Gasteiger partial charge in [-0.15, -0.1) is 0 Å². The van der Waals surface area contributed by atoms with Crippen molar-refractivity contribution in [2.24, 2.45) is 11.3 Å². The second-order valence-electron chi connectivity index (χ2n) is 12.0. The van der Waals surface area contributed by atoms with E-state index in [0.717, 1.165) is 0 Å². The van der Waals surface area contributed by atoms with Crippen LogP contribution >= 0.6 is 0 Å². The molecule has 0 bridgehead atoms. The van der Waals surface area contributed by atoms with Crippen LogP contribution in [0, 0.1) is 11.3 Å². The highest BCUT2D eigenvalue weighted by Crippen LogP contribution is 2.46.